The van der Waals surface area contributed by atoms with E-state index in [1.165, 1.54) is 4.88 Å². The monoisotopic (exact) mass is 533 g/mol. The van der Waals surface area contributed by atoms with Crippen molar-refractivity contribution in [3.8, 4) is 11.5 Å². The summed E-state index contributed by atoms with van der Waals surface area (Å²) in [6, 6.07) is 14.9. The zero-order chi connectivity index (χ0) is 26.3. The van der Waals surface area contributed by atoms with Crippen LogP contribution >= 0.6 is 11.3 Å². The fourth-order valence-electron chi connectivity index (χ4n) is 4.65. The molecule has 0 saturated carbocycles. The molecule has 3 aromatic rings. The summed E-state index contributed by atoms with van der Waals surface area (Å²) in [4.78, 5) is 33.5. The summed E-state index contributed by atoms with van der Waals surface area (Å²) in [5, 5.41) is 3.73. The zero-order valence-electron chi connectivity index (χ0n) is 21.4. The molecule has 0 unspecified atom stereocenters. The number of nitrogens with zero attached hydrogens (tertiary/aromatic N) is 2. The van der Waals surface area contributed by atoms with Crippen LogP contribution in [0.2, 0.25) is 0 Å². The molecule has 2 aromatic carbocycles. The number of methoxy groups -OCH3 is 1. The number of para-hydroxylation sites is 1. The van der Waals surface area contributed by atoms with Crippen molar-refractivity contribution in [2.45, 2.75) is 25.7 Å². The molecule has 2 aliphatic rings. The van der Waals surface area contributed by atoms with Crippen LogP contribution in [0.15, 0.2) is 53.5 Å². The molecule has 1 aromatic heterocycles. The molecule has 1 N–H and O–H groups in total. The van der Waals surface area contributed by atoms with Gasteiger partial charge in [0.1, 0.15) is 5.00 Å². The van der Waals surface area contributed by atoms with Crippen LogP contribution < -0.4 is 14.8 Å². The summed E-state index contributed by atoms with van der Waals surface area (Å²) in [5.74, 6) is 0.787. The van der Waals surface area contributed by atoms with E-state index in [0.717, 1.165) is 42.5 Å². The molecule has 1 fully saturated rings. The number of aliphatic imine (C=N–C) groups is 1. The third-order valence-electron chi connectivity index (χ3n) is 6.64. The predicted octanol–water partition coefficient (Wildman–Crippen LogP) is 4.88. The third kappa shape index (κ3) is 6.06. The fourth-order valence-corrected chi connectivity index (χ4v) is 5.88. The van der Waals surface area contributed by atoms with Gasteiger partial charge < -0.3 is 24.4 Å². The molecule has 2 amide bonds. The number of benzene rings is 2. The summed E-state index contributed by atoms with van der Waals surface area (Å²) in [6.45, 7) is 2.18. The van der Waals surface area contributed by atoms with E-state index in [4.69, 9.17) is 19.2 Å². The van der Waals surface area contributed by atoms with Gasteiger partial charge in [0, 0.05) is 29.9 Å². The number of amides is 2. The largest absolute Gasteiger partial charge is 0.493 e. The number of hydrogen-bond acceptors (Lipinski definition) is 7. The third-order valence-corrected chi connectivity index (χ3v) is 7.84. The highest BCUT2D eigenvalue weighted by molar-refractivity contribution is 7.16. The molecule has 2 heterocycles. The van der Waals surface area contributed by atoms with Gasteiger partial charge in [-0.3, -0.25) is 9.59 Å². The Labute approximate surface area is 226 Å². The number of rotatable bonds is 8. The van der Waals surface area contributed by atoms with Crippen LogP contribution in [0.25, 0.3) is 0 Å². The molecule has 9 heteroatoms. The number of morpholine rings is 1. The Morgan fingerprint density at radius 1 is 1.08 bits per heavy atom. The highest BCUT2D eigenvalue weighted by atomic mass is 32.1. The van der Waals surface area contributed by atoms with Gasteiger partial charge in [0.25, 0.3) is 11.8 Å². The molecule has 1 saturated heterocycles. The van der Waals surface area contributed by atoms with E-state index in [0.29, 0.717) is 48.4 Å². The number of nitrogens with one attached hydrogen (secondary N) is 1. The molecule has 38 heavy (non-hydrogen) atoms. The van der Waals surface area contributed by atoms with Crippen LogP contribution in [0.4, 0.5) is 10.7 Å². The fraction of sp³-hybridized carbons (Fsp3) is 0.345. The van der Waals surface area contributed by atoms with E-state index in [-0.39, 0.29) is 18.4 Å². The molecule has 0 atom stereocenters. The Kier molecular flexibility index (Phi) is 8.35. The van der Waals surface area contributed by atoms with Crippen molar-refractivity contribution >= 4 is 40.1 Å². The first-order valence-electron chi connectivity index (χ1n) is 12.8. The van der Waals surface area contributed by atoms with Crippen molar-refractivity contribution in [2.75, 3.05) is 45.3 Å². The van der Waals surface area contributed by atoms with Gasteiger partial charge in [-0.15, -0.1) is 11.3 Å². The van der Waals surface area contributed by atoms with Gasteiger partial charge >= 0.3 is 0 Å². The Hall–Kier alpha value is -3.69. The second kappa shape index (κ2) is 12.2. The van der Waals surface area contributed by atoms with Gasteiger partial charge in [-0.25, -0.2) is 4.99 Å². The number of thiophene rings is 1. The second-order valence-corrected chi connectivity index (χ2v) is 10.2. The van der Waals surface area contributed by atoms with Gasteiger partial charge in [0.15, 0.2) is 18.1 Å². The quantitative estimate of drug-likeness (QED) is 0.417. The Bertz CT molecular complexity index is 1320. The lowest BCUT2D eigenvalue weighted by molar-refractivity contribution is -0.137. The Morgan fingerprint density at radius 2 is 1.87 bits per heavy atom. The predicted molar refractivity (Wildman–Crippen MR) is 148 cm³/mol. The normalized spacial score (nSPS) is 15.2. The van der Waals surface area contributed by atoms with Crippen LogP contribution in [-0.2, 0) is 22.4 Å². The maximum Gasteiger partial charge on any atom is 0.260 e. The summed E-state index contributed by atoms with van der Waals surface area (Å²) < 4.78 is 16.6. The van der Waals surface area contributed by atoms with Gasteiger partial charge in [0.05, 0.1) is 25.9 Å². The smallest absolute Gasteiger partial charge is 0.260 e. The first-order chi connectivity index (χ1) is 18.6. The lowest BCUT2D eigenvalue weighted by atomic mass is 9.95. The van der Waals surface area contributed by atoms with E-state index >= 15 is 0 Å². The highest BCUT2D eigenvalue weighted by Crippen LogP contribution is 2.40. The lowest BCUT2D eigenvalue weighted by Crippen LogP contribution is -2.43. The zero-order valence-corrected chi connectivity index (χ0v) is 22.2. The van der Waals surface area contributed by atoms with Crippen LogP contribution in [0.1, 0.15) is 39.2 Å². The summed E-state index contributed by atoms with van der Waals surface area (Å²) in [5.41, 5.74) is 3.34. The van der Waals surface area contributed by atoms with Crippen molar-refractivity contribution in [1.82, 2.24) is 4.90 Å². The van der Waals surface area contributed by atoms with Crippen molar-refractivity contribution in [2.24, 2.45) is 4.99 Å². The number of aryl methyl sites for hydroxylation is 1. The molecule has 0 spiro atoms. The maximum atomic E-state index is 13.3. The summed E-state index contributed by atoms with van der Waals surface area (Å²) in [7, 11) is 1.56. The van der Waals surface area contributed by atoms with Crippen LogP contribution in [0, 0.1) is 0 Å². The van der Waals surface area contributed by atoms with Crippen molar-refractivity contribution in [1.29, 1.82) is 0 Å². The van der Waals surface area contributed by atoms with Gasteiger partial charge in [-0.05, 0) is 67.1 Å². The molecule has 1 aliphatic heterocycles. The molecule has 0 bridgehead atoms. The van der Waals surface area contributed by atoms with E-state index in [9.17, 15) is 9.59 Å². The second-order valence-electron chi connectivity index (χ2n) is 9.16. The van der Waals surface area contributed by atoms with Crippen molar-refractivity contribution in [3.05, 3.63) is 70.1 Å². The summed E-state index contributed by atoms with van der Waals surface area (Å²) in [6.07, 6.45) is 5.81. The van der Waals surface area contributed by atoms with Crippen LogP contribution in [0.3, 0.4) is 0 Å². The average molecular weight is 534 g/mol. The number of hydrogen-bond donors (Lipinski definition) is 1. The van der Waals surface area contributed by atoms with E-state index < -0.39 is 0 Å². The SMILES string of the molecule is COc1cc(C=Nc2sc3c(c2C(=O)Nc2ccccc2)CCCC3)ccc1OCC(=O)N1CCOCC1. The minimum atomic E-state index is -0.131. The highest BCUT2D eigenvalue weighted by Gasteiger charge is 2.25. The first kappa shape index (κ1) is 25.9. The molecular formula is C29H31N3O5S. The number of fused-ring (bicyclic) bond motifs is 1. The number of ether oxygens (including phenoxy) is 3. The lowest BCUT2D eigenvalue weighted by Gasteiger charge is -2.26. The molecule has 1 aliphatic carbocycles. The minimum Gasteiger partial charge on any atom is -0.493 e. The van der Waals surface area contributed by atoms with Crippen LogP contribution in [-0.4, -0.2) is 62.9 Å². The first-order valence-corrected chi connectivity index (χ1v) is 13.7. The Balaban J connectivity index is 1.33. The Morgan fingerprint density at radius 3 is 2.66 bits per heavy atom. The molecule has 0 radical (unpaired) electrons. The van der Waals surface area contributed by atoms with E-state index in [1.807, 2.05) is 42.5 Å². The topological polar surface area (TPSA) is 89.5 Å². The summed E-state index contributed by atoms with van der Waals surface area (Å²) >= 11 is 1.59. The van der Waals surface area contributed by atoms with Gasteiger partial charge in [0.2, 0.25) is 0 Å². The average Bonchev–Trinajstić information content (AvgIpc) is 3.34. The van der Waals surface area contributed by atoms with Gasteiger partial charge in [-0.2, -0.15) is 0 Å². The van der Waals surface area contributed by atoms with Gasteiger partial charge in [-0.1, -0.05) is 18.2 Å². The molecule has 198 valence electrons. The molecular weight excluding hydrogens is 502 g/mol. The number of carbonyl (C=O) groups is 2. The number of anilines is 1. The molecule has 8 nitrogen and oxygen atoms in total. The standard InChI is InChI=1S/C29H31N3O5S/c1-35-24-17-20(11-12-23(24)37-19-26(33)32-13-15-36-16-14-32)18-30-29-27(22-9-5-6-10-25(22)38-29)28(34)31-21-7-3-2-4-8-21/h2-4,7-8,11-12,17-18H,5-6,9-10,13-16,19H2,1H3,(H,31,34). The maximum absolute atomic E-state index is 13.3. The molecule has 5 rings (SSSR count). The number of carbonyl (C=O) groups excluding carboxylic acids is 2. The van der Waals surface area contributed by atoms with E-state index in [1.54, 1.807) is 35.6 Å². The minimum absolute atomic E-state index is 0.0650. The van der Waals surface area contributed by atoms with Crippen molar-refractivity contribution in [3.63, 3.8) is 0 Å². The van der Waals surface area contributed by atoms with Crippen molar-refractivity contribution < 1.29 is 23.8 Å². The van der Waals surface area contributed by atoms with Crippen LogP contribution in [0.5, 0.6) is 11.5 Å². The van der Waals surface area contributed by atoms with E-state index in [2.05, 4.69) is 5.32 Å².